The third-order valence-corrected chi connectivity index (χ3v) is 3.17. The number of nitrogens with one attached hydrogen (secondary N) is 1. The fourth-order valence-electron chi connectivity index (χ4n) is 1.93. The largest absolute Gasteiger partial charge is 0.480 e. The van der Waals surface area contributed by atoms with Crippen molar-refractivity contribution in [2.45, 2.75) is 31.5 Å². The Labute approximate surface area is 122 Å². The Hall–Kier alpha value is -1.96. The Morgan fingerprint density at radius 1 is 1.29 bits per heavy atom. The van der Waals surface area contributed by atoms with E-state index < -0.39 is 24.0 Å². The van der Waals surface area contributed by atoms with Crippen LogP contribution in [0.2, 0.25) is 0 Å². The summed E-state index contributed by atoms with van der Waals surface area (Å²) < 4.78 is 0. The molecule has 0 saturated carbocycles. The van der Waals surface area contributed by atoms with Gasteiger partial charge in [-0.25, -0.2) is 0 Å². The topological polar surface area (TPSA) is 139 Å². The lowest BCUT2D eigenvalue weighted by Crippen LogP contribution is -2.41. The van der Waals surface area contributed by atoms with Crippen molar-refractivity contribution >= 4 is 11.9 Å². The van der Waals surface area contributed by atoms with E-state index >= 15 is 0 Å². The summed E-state index contributed by atoms with van der Waals surface area (Å²) in [5, 5.41) is 19.9. The van der Waals surface area contributed by atoms with Gasteiger partial charge in [0.1, 0.15) is 12.1 Å². The van der Waals surface area contributed by atoms with Crippen LogP contribution in [0.5, 0.6) is 0 Å². The first kappa shape index (κ1) is 17.1. The van der Waals surface area contributed by atoms with Gasteiger partial charge < -0.3 is 27.0 Å². The molecule has 1 aliphatic heterocycles. The average molecular weight is 295 g/mol. The van der Waals surface area contributed by atoms with Crippen molar-refractivity contribution in [2.24, 2.45) is 11.5 Å². The Bertz CT molecular complexity index is 493. The summed E-state index contributed by atoms with van der Waals surface area (Å²) in [5.74, 6) is -1.76. The Morgan fingerprint density at radius 3 is 2.38 bits per heavy atom. The molecule has 7 heteroatoms. The van der Waals surface area contributed by atoms with Crippen LogP contribution < -0.4 is 16.8 Å². The van der Waals surface area contributed by atoms with Crippen molar-refractivity contribution in [1.82, 2.24) is 5.32 Å². The summed E-state index contributed by atoms with van der Waals surface area (Å²) in [7, 11) is 0. The lowest BCUT2D eigenvalue weighted by molar-refractivity contribution is -0.140. The molecule has 2 atom stereocenters. The number of rotatable bonds is 4. The fraction of sp³-hybridized carbons (Fsp3) is 0.429. The molecule has 21 heavy (non-hydrogen) atoms. The maximum atomic E-state index is 10.7. The Kier molecular flexibility index (Phi) is 6.80. The number of hydrogen-bond acceptors (Lipinski definition) is 5. The SMILES string of the molecule is NCCC(N)C(=O)O.O=C(O)C1Cc2ccccc2CN1. The Balaban J connectivity index is 0.000000240. The number of nitrogens with two attached hydrogens (primary N) is 2. The van der Waals surface area contributed by atoms with Gasteiger partial charge >= 0.3 is 11.9 Å². The summed E-state index contributed by atoms with van der Waals surface area (Å²) >= 11 is 0. The number of benzene rings is 1. The minimum Gasteiger partial charge on any atom is -0.480 e. The summed E-state index contributed by atoms with van der Waals surface area (Å²) in [4.78, 5) is 20.6. The van der Waals surface area contributed by atoms with Gasteiger partial charge in [-0.05, 0) is 30.5 Å². The van der Waals surface area contributed by atoms with Crippen LogP contribution in [-0.2, 0) is 22.6 Å². The van der Waals surface area contributed by atoms with Crippen molar-refractivity contribution < 1.29 is 19.8 Å². The lowest BCUT2D eigenvalue weighted by Gasteiger charge is -2.22. The van der Waals surface area contributed by atoms with E-state index in [1.54, 1.807) is 0 Å². The molecule has 2 unspecified atom stereocenters. The predicted octanol–water partition coefficient (Wildman–Crippen LogP) is -0.467. The zero-order valence-electron chi connectivity index (χ0n) is 11.7. The van der Waals surface area contributed by atoms with Crippen LogP contribution >= 0.6 is 0 Å². The number of hydrogen-bond donors (Lipinski definition) is 5. The molecular formula is C14H21N3O4. The van der Waals surface area contributed by atoms with Crippen LogP contribution in [0.25, 0.3) is 0 Å². The molecule has 0 saturated heterocycles. The molecule has 7 N–H and O–H groups in total. The smallest absolute Gasteiger partial charge is 0.321 e. The first-order valence-corrected chi connectivity index (χ1v) is 6.67. The first-order chi connectivity index (χ1) is 9.95. The summed E-state index contributed by atoms with van der Waals surface area (Å²) in [5.41, 5.74) is 12.4. The van der Waals surface area contributed by atoms with E-state index in [0.717, 1.165) is 5.56 Å². The van der Waals surface area contributed by atoms with Crippen molar-refractivity contribution in [2.75, 3.05) is 6.54 Å². The van der Waals surface area contributed by atoms with Gasteiger partial charge in [-0.3, -0.25) is 9.59 Å². The van der Waals surface area contributed by atoms with Crippen LogP contribution in [0.4, 0.5) is 0 Å². The predicted molar refractivity (Wildman–Crippen MR) is 77.7 cm³/mol. The monoisotopic (exact) mass is 295 g/mol. The van der Waals surface area contributed by atoms with E-state index in [9.17, 15) is 9.59 Å². The van der Waals surface area contributed by atoms with E-state index in [0.29, 0.717) is 25.9 Å². The molecule has 0 bridgehead atoms. The molecule has 0 amide bonds. The molecule has 1 aliphatic rings. The van der Waals surface area contributed by atoms with E-state index in [2.05, 4.69) is 5.32 Å². The van der Waals surface area contributed by atoms with Gasteiger partial charge in [0.2, 0.25) is 0 Å². The van der Waals surface area contributed by atoms with Crippen LogP contribution in [-0.4, -0.2) is 40.8 Å². The van der Waals surface area contributed by atoms with Gasteiger partial charge in [-0.15, -0.1) is 0 Å². The van der Waals surface area contributed by atoms with Gasteiger partial charge in [0.15, 0.2) is 0 Å². The molecule has 1 aromatic carbocycles. The number of carboxylic acid groups (broad SMARTS) is 2. The minimum atomic E-state index is -0.990. The number of carbonyl (C=O) groups is 2. The number of carboxylic acids is 2. The van der Waals surface area contributed by atoms with Crippen LogP contribution in [0.1, 0.15) is 17.5 Å². The molecule has 116 valence electrons. The van der Waals surface area contributed by atoms with Crippen molar-refractivity contribution in [3.8, 4) is 0 Å². The maximum absolute atomic E-state index is 10.7. The van der Waals surface area contributed by atoms with E-state index in [1.807, 2.05) is 24.3 Å². The Morgan fingerprint density at radius 2 is 1.90 bits per heavy atom. The molecule has 0 aromatic heterocycles. The second-order valence-corrected chi connectivity index (χ2v) is 4.77. The van der Waals surface area contributed by atoms with Crippen LogP contribution in [0.15, 0.2) is 24.3 Å². The molecule has 1 heterocycles. The van der Waals surface area contributed by atoms with Crippen molar-refractivity contribution in [3.63, 3.8) is 0 Å². The van der Waals surface area contributed by atoms with Crippen LogP contribution in [0.3, 0.4) is 0 Å². The molecular weight excluding hydrogens is 274 g/mol. The molecule has 1 aromatic rings. The first-order valence-electron chi connectivity index (χ1n) is 6.67. The van der Waals surface area contributed by atoms with Gasteiger partial charge in [0, 0.05) is 6.54 Å². The highest BCUT2D eigenvalue weighted by molar-refractivity contribution is 5.74. The quantitative estimate of drug-likeness (QED) is 0.506. The zero-order valence-corrected chi connectivity index (χ0v) is 11.7. The number of fused-ring (bicyclic) bond motifs is 1. The standard InChI is InChI=1S/C10H11NO2.C4H10N2O2/c12-10(13)9-5-7-3-1-2-4-8(7)6-11-9;5-2-1-3(6)4(7)8/h1-4,9,11H,5-6H2,(H,12,13);3H,1-2,5-6H2,(H,7,8). The molecule has 0 spiro atoms. The van der Waals surface area contributed by atoms with E-state index in [1.165, 1.54) is 5.56 Å². The van der Waals surface area contributed by atoms with E-state index in [-0.39, 0.29) is 0 Å². The highest BCUT2D eigenvalue weighted by Crippen LogP contribution is 2.15. The molecule has 2 rings (SSSR count). The van der Waals surface area contributed by atoms with Gasteiger partial charge in [-0.2, -0.15) is 0 Å². The minimum absolute atomic E-state index is 0.327. The van der Waals surface area contributed by atoms with Gasteiger partial charge in [0.25, 0.3) is 0 Å². The van der Waals surface area contributed by atoms with Gasteiger partial charge in [-0.1, -0.05) is 24.3 Å². The summed E-state index contributed by atoms with van der Waals surface area (Å²) in [6.45, 7) is 0.987. The highest BCUT2D eigenvalue weighted by Gasteiger charge is 2.22. The van der Waals surface area contributed by atoms with Crippen molar-refractivity contribution in [3.05, 3.63) is 35.4 Å². The fourth-order valence-corrected chi connectivity index (χ4v) is 1.93. The highest BCUT2D eigenvalue weighted by atomic mass is 16.4. The van der Waals surface area contributed by atoms with Crippen LogP contribution in [0, 0.1) is 0 Å². The molecule has 0 fully saturated rings. The molecule has 0 radical (unpaired) electrons. The third kappa shape index (κ3) is 5.50. The van der Waals surface area contributed by atoms with Gasteiger partial charge in [0.05, 0.1) is 0 Å². The van der Waals surface area contributed by atoms with E-state index in [4.69, 9.17) is 21.7 Å². The molecule has 7 nitrogen and oxygen atoms in total. The third-order valence-electron chi connectivity index (χ3n) is 3.17. The molecule has 0 aliphatic carbocycles. The number of aliphatic carboxylic acids is 2. The lowest BCUT2D eigenvalue weighted by atomic mass is 9.96. The van der Waals surface area contributed by atoms with Crippen molar-refractivity contribution in [1.29, 1.82) is 0 Å². The normalized spacial score (nSPS) is 17.9. The second kappa shape index (κ2) is 8.35. The maximum Gasteiger partial charge on any atom is 0.321 e. The summed E-state index contributed by atoms with van der Waals surface area (Å²) in [6.07, 6.45) is 0.931. The summed E-state index contributed by atoms with van der Waals surface area (Å²) in [6, 6.07) is 6.73. The zero-order chi connectivity index (χ0) is 15.8. The second-order valence-electron chi connectivity index (χ2n) is 4.77. The average Bonchev–Trinajstić information content (AvgIpc) is 2.47.